The van der Waals surface area contributed by atoms with E-state index in [-0.39, 0.29) is 0 Å². The van der Waals surface area contributed by atoms with Gasteiger partial charge in [0.15, 0.2) is 0 Å². The minimum Gasteiger partial charge on any atom is -0.389 e. The second kappa shape index (κ2) is 4.72. The normalized spacial score (nSPS) is 16.5. The van der Waals surface area contributed by atoms with Crippen LogP contribution in [0, 0.1) is 0 Å². The number of aryl methyl sites for hydroxylation is 1. The summed E-state index contributed by atoms with van der Waals surface area (Å²) in [4.78, 5) is 8.96. The predicted octanol–water partition coefficient (Wildman–Crippen LogP) is 3.27. The van der Waals surface area contributed by atoms with Crippen LogP contribution >= 0.6 is 11.3 Å². The molecule has 4 nitrogen and oxygen atoms in total. The molecule has 0 saturated heterocycles. The summed E-state index contributed by atoms with van der Waals surface area (Å²) < 4.78 is 2.09. The third kappa shape index (κ3) is 1.92. The molecule has 5 heteroatoms. The predicted molar refractivity (Wildman–Crippen MR) is 74.6 cm³/mol. The molecule has 0 aliphatic heterocycles. The van der Waals surface area contributed by atoms with Crippen molar-refractivity contribution in [2.75, 3.05) is 5.73 Å². The van der Waals surface area contributed by atoms with Gasteiger partial charge in [-0.3, -0.25) is 0 Å². The van der Waals surface area contributed by atoms with Crippen molar-refractivity contribution in [2.24, 2.45) is 0 Å². The van der Waals surface area contributed by atoms with Crippen LogP contribution in [0.25, 0.3) is 11.4 Å². The highest BCUT2D eigenvalue weighted by Crippen LogP contribution is 2.40. The Morgan fingerprint density at radius 2 is 2.22 bits per heavy atom. The lowest BCUT2D eigenvalue weighted by Gasteiger charge is -2.03. The van der Waals surface area contributed by atoms with E-state index in [4.69, 9.17) is 10.7 Å². The summed E-state index contributed by atoms with van der Waals surface area (Å²) in [5.74, 6) is 0.629. The molecule has 0 amide bonds. The van der Waals surface area contributed by atoms with Gasteiger partial charge in [0.05, 0.1) is 23.2 Å². The number of nitrogen functional groups attached to an aromatic ring is 1. The fourth-order valence-electron chi connectivity index (χ4n) is 2.65. The van der Waals surface area contributed by atoms with Crippen molar-refractivity contribution in [2.45, 2.75) is 45.1 Å². The van der Waals surface area contributed by atoms with E-state index in [9.17, 15) is 0 Å². The van der Waals surface area contributed by atoms with Crippen LogP contribution in [0.2, 0.25) is 0 Å². The molecule has 1 aliphatic carbocycles. The maximum absolute atomic E-state index is 6.14. The van der Waals surface area contributed by atoms with Crippen molar-refractivity contribution in [1.82, 2.24) is 14.5 Å². The Morgan fingerprint density at radius 3 is 2.94 bits per heavy atom. The van der Waals surface area contributed by atoms with Gasteiger partial charge in [0.25, 0.3) is 0 Å². The number of nitrogens with zero attached hydrogens (tertiary/aromatic N) is 3. The third-order valence-electron chi connectivity index (χ3n) is 3.67. The van der Waals surface area contributed by atoms with E-state index in [0.717, 1.165) is 22.9 Å². The van der Waals surface area contributed by atoms with Crippen LogP contribution in [0.15, 0.2) is 12.5 Å². The molecule has 0 bridgehead atoms. The van der Waals surface area contributed by atoms with Gasteiger partial charge in [-0.1, -0.05) is 12.8 Å². The molecule has 3 rings (SSSR count). The first-order chi connectivity index (χ1) is 8.79. The SMILES string of the molecule is CCn1cncc1-c1nc(C2CCCC2)sc1N. The minimum atomic E-state index is 0.629. The van der Waals surface area contributed by atoms with E-state index >= 15 is 0 Å². The van der Waals surface area contributed by atoms with Crippen molar-refractivity contribution < 1.29 is 0 Å². The van der Waals surface area contributed by atoms with Gasteiger partial charge in [0.2, 0.25) is 0 Å². The lowest BCUT2D eigenvalue weighted by molar-refractivity contribution is 0.715. The molecule has 2 heterocycles. The van der Waals surface area contributed by atoms with E-state index < -0.39 is 0 Å². The zero-order valence-electron chi connectivity index (χ0n) is 10.6. The van der Waals surface area contributed by atoms with Crippen LogP contribution in [0.3, 0.4) is 0 Å². The zero-order chi connectivity index (χ0) is 12.5. The molecule has 1 fully saturated rings. The smallest absolute Gasteiger partial charge is 0.123 e. The maximum atomic E-state index is 6.14. The minimum absolute atomic E-state index is 0.629. The van der Waals surface area contributed by atoms with Gasteiger partial charge in [-0.2, -0.15) is 0 Å². The van der Waals surface area contributed by atoms with Gasteiger partial charge in [0.1, 0.15) is 10.7 Å². The average Bonchev–Trinajstić information content (AvgIpc) is 3.08. The Bertz CT molecular complexity index is 537. The highest BCUT2D eigenvalue weighted by molar-refractivity contribution is 7.16. The first-order valence-electron chi connectivity index (χ1n) is 6.56. The quantitative estimate of drug-likeness (QED) is 0.923. The Kier molecular flexibility index (Phi) is 3.07. The van der Waals surface area contributed by atoms with Gasteiger partial charge in [-0.25, -0.2) is 9.97 Å². The molecule has 0 unspecified atom stereocenters. The fraction of sp³-hybridized carbons (Fsp3) is 0.538. The molecule has 2 N–H and O–H groups in total. The number of anilines is 1. The van der Waals surface area contributed by atoms with Crippen LogP contribution in [0.5, 0.6) is 0 Å². The molecular weight excluding hydrogens is 244 g/mol. The molecule has 0 aromatic carbocycles. The Labute approximate surface area is 111 Å². The molecule has 18 heavy (non-hydrogen) atoms. The van der Waals surface area contributed by atoms with Crippen LogP contribution in [-0.4, -0.2) is 14.5 Å². The van der Waals surface area contributed by atoms with Crippen LogP contribution < -0.4 is 5.73 Å². The summed E-state index contributed by atoms with van der Waals surface area (Å²) >= 11 is 1.65. The van der Waals surface area contributed by atoms with Gasteiger partial charge in [0, 0.05) is 12.5 Å². The number of nitrogens with two attached hydrogens (primary N) is 1. The summed E-state index contributed by atoms with van der Waals surface area (Å²) in [6, 6.07) is 0. The number of hydrogen-bond donors (Lipinski definition) is 1. The fourth-order valence-corrected chi connectivity index (χ4v) is 3.66. The molecular formula is C13H18N4S. The van der Waals surface area contributed by atoms with E-state index in [0.29, 0.717) is 5.92 Å². The van der Waals surface area contributed by atoms with E-state index in [1.54, 1.807) is 11.3 Å². The number of thiazole rings is 1. The second-order valence-corrected chi connectivity index (χ2v) is 5.87. The van der Waals surface area contributed by atoms with Crippen LogP contribution in [-0.2, 0) is 6.54 Å². The maximum Gasteiger partial charge on any atom is 0.123 e. The van der Waals surface area contributed by atoms with Gasteiger partial charge >= 0.3 is 0 Å². The standard InChI is InChI=1S/C13H18N4S/c1-2-17-8-15-7-10(17)11-12(14)18-13(16-11)9-5-3-4-6-9/h7-9H,2-6,14H2,1H3. The van der Waals surface area contributed by atoms with Crippen molar-refractivity contribution in [1.29, 1.82) is 0 Å². The van der Waals surface area contributed by atoms with E-state index in [2.05, 4.69) is 16.5 Å². The second-order valence-electron chi connectivity index (χ2n) is 4.81. The highest BCUT2D eigenvalue weighted by atomic mass is 32.1. The van der Waals surface area contributed by atoms with Crippen molar-refractivity contribution in [3.8, 4) is 11.4 Å². The van der Waals surface area contributed by atoms with Gasteiger partial charge in [-0.15, -0.1) is 11.3 Å². The molecule has 1 aliphatic rings. The molecule has 0 atom stereocenters. The summed E-state index contributed by atoms with van der Waals surface area (Å²) in [5, 5.41) is 2.04. The van der Waals surface area contributed by atoms with E-state index in [1.165, 1.54) is 30.7 Å². The summed E-state index contributed by atoms with van der Waals surface area (Å²) in [7, 11) is 0. The number of aromatic nitrogens is 3. The Hall–Kier alpha value is -1.36. The number of rotatable bonds is 3. The zero-order valence-corrected chi connectivity index (χ0v) is 11.4. The van der Waals surface area contributed by atoms with Crippen molar-refractivity contribution in [3.63, 3.8) is 0 Å². The average molecular weight is 262 g/mol. The van der Waals surface area contributed by atoms with Crippen LogP contribution in [0.4, 0.5) is 5.00 Å². The van der Waals surface area contributed by atoms with Gasteiger partial charge in [-0.05, 0) is 19.8 Å². The van der Waals surface area contributed by atoms with Gasteiger partial charge < -0.3 is 10.3 Å². The van der Waals surface area contributed by atoms with Crippen molar-refractivity contribution in [3.05, 3.63) is 17.5 Å². The third-order valence-corrected chi connectivity index (χ3v) is 4.72. The highest BCUT2D eigenvalue weighted by Gasteiger charge is 2.23. The molecule has 1 saturated carbocycles. The summed E-state index contributed by atoms with van der Waals surface area (Å²) in [5.41, 5.74) is 8.09. The molecule has 2 aromatic rings. The first-order valence-corrected chi connectivity index (χ1v) is 7.38. The van der Waals surface area contributed by atoms with Crippen LogP contribution in [0.1, 0.15) is 43.5 Å². The monoisotopic (exact) mass is 262 g/mol. The lowest BCUT2D eigenvalue weighted by Crippen LogP contribution is -1.97. The topological polar surface area (TPSA) is 56.7 Å². The van der Waals surface area contributed by atoms with E-state index in [1.807, 2.05) is 12.5 Å². The largest absolute Gasteiger partial charge is 0.389 e. The molecule has 0 radical (unpaired) electrons. The summed E-state index contributed by atoms with van der Waals surface area (Å²) in [6.07, 6.45) is 8.87. The Morgan fingerprint density at radius 1 is 1.44 bits per heavy atom. The molecule has 96 valence electrons. The molecule has 2 aromatic heterocycles. The van der Waals surface area contributed by atoms with Crippen molar-refractivity contribution >= 4 is 16.3 Å². The Balaban J connectivity index is 1.97. The first kappa shape index (κ1) is 11.7. The number of hydrogen-bond acceptors (Lipinski definition) is 4. The summed E-state index contributed by atoms with van der Waals surface area (Å²) in [6.45, 7) is 3.00. The lowest BCUT2D eigenvalue weighted by atomic mass is 10.1. The molecule has 0 spiro atoms. The number of imidazole rings is 1.